The Morgan fingerprint density at radius 3 is 2.23 bits per heavy atom. The largest absolute Gasteiger partial charge is 0.369 e. The van der Waals surface area contributed by atoms with Crippen LogP contribution in [0.1, 0.15) is 17.5 Å². The van der Waals surface area contributed by atoms with Crippen LogP contribution in [-0.2, 0) is 13.0 Å². The summed E-state index contributed by atoms with van der Waals surface area (Å²) in [4.78, 5) is 10.2. The minimum Gasteiger partial charge on any atom is -0.369 e. The van der Waals surface area contributed by atoms with Gasteiger partial charge in [0, 0.05) is 69.1 Å². The molecule has 2 fully saturated rings. The third-order valence-electron chi connectivity index (χ3n) is 6.52. The van der Waals surface area contributed by atoms with Crippen LogP contribution in [0.15, 0.2) is 53.0 Å². The minimum atomic E-state index is 1.06. The molecule has 0 radical (unpaired) electrons. The molecule has 30 heavy (non-hydrogen) atoms. The highest BCUT2D eigenvalue weighted by molar-refractivity contribution is 9.10. The number of likely N-dealkylation sites (N-methyl/N-ethyl adjacent to an activating group) is 1. The zero-order valence-electron chi connectivity index (χ0n) is 18.3. The zero-order chi connectivity index (χ0) is 20.8. The van der Waals surface area contributed by atoms with E-state index < -0.39 is 0 Å². The standard InChI is InChI=1S/C25H35BrN4/c1-27-12-14-28(15-13-27)11-5-8-23-20-24(26)9-10-25(23)30-18-16-29(17-19-30)21-22-6-3-2-4-7-22/h2-4,6-7,9-10,20H,5,8,11-19,21H2,1H3. The first-order valence-corrected chi connectivity index (χ1v) is 12.2. The van der Waals surface area contributed by atoms with Crippen molar-refractivity contribution in [2.75, 3.05) is 70.9 Å². The van der Waals surface area contributed by atoms with Gasteiger partial charge in [0.05, 0.1) is 0 Å². The molecule has 0 bridgehead atoms. The lowest BCUT2D eigenvalue weighted by molar-refractivity contribution is 0.153. The summed E-state index contributed by atoms with van der Waals surface area (Å²) in [5.74, 6) is 0. The van der Waals surface area contributed by atoms with Gasteiger partial charge in [0.1, 0.15) is 0 Å². The summed E-state index contributed by atoms with van der Waals surface area (Å²) >= 11 is 3.70. The van der Waals surface area contributed by atoms with Crippen molar-refractivity contribution in [2.24, 2.45) is 0 Å². The van der Waals surface area contributed by atoms with Gasteiger partial charge in [-0.05, 0) is 55.8 Å². The molecule has 2 aliphatic rings. The van der Waals surface area contributed by atoms with Crippen LogP contribution >= 0.6 is 15.9 Å². The molecule has 4 rings (SSSR count). The highest BCUT2D eigenvalue weighted by atomic mass is 79.9. The van der Waals surface area contributed by atoms with E-state index in [1.807, 2.05) is 0 Å². The lowest BCUT2D eigenvalue weighted by Crippen LogP contribution is -2.46. The van der Waals surface area contributed by atoms with Crippen molar-refractivity contribution in [2.45, 2.75) is 19.4 Å². The summed E-state index contributed by atoms with van der Waals surface area (Å²) in [7, 11) is 2.23. The Bertz CT molecular complexity index is 781. The number of benzene rings is 2. The predicted octanol–water partition coefficient (Wildman–Crippen LogP) is 3.95. The third kappa shape index (κ3) is 6.07. The van der Waals surface area contributed by atoms with Gasteiger partial charge in [0.25, 0.3) is 0 Å². The van der Waals surface area contributed by atoms with Gasteiger partial charge in [-0.15, -0.1) is 0 Å². The topological polar surface area (TPSA) is 13.0 Å². The molecular formula is C25H35BrN4. The number of hydrogen-bond donors (Lipinski definition) is 0. The van der Waals surface area contributed by atoms with Gasteiger partial charge in [-0.2, -0.15) is 0 Å². The molecule has 162 valence electrons. The van der Waals surface area contributed by atoms with Gasteiger partial charge >= 0.3 is 0 Å². The maximum atomic E-state index is 3.70. The molecule has 2 aromatic carbocycles. The van der Waals surface area contributed by atoms with Gasteiger partial charge in [0.15, 0.2) is 0 Å². The number of nitrogens with zero attached hydrogens (tertiary/aromatic N) is 4. The molecule has 2 aromatic rings. The van der Waals surface area contributed by atoms with Gasteiger partial charge in [-0.25, -0.2) is 0 Å². The molecule has 0 saturated carbocycles. The van der Waals surface area contributed by atoms with E-state index >= 15 is 0 Å². The SMILES string of the molecule is CN1CCN(CCCc2cc(Br)ccc2N2CCN(Cc3ccccc3)CC2)CC1. The molecule has 4 nitrogen and oxygen atoms in total. The molecule has 0 N–H and O–H groups in total. The van der Waals surface area contributed by atoms with E-state index in [2.05, 4.69) is 91.1 Å². The van der Waals surface area contributed by atoms with Crippen molar-refractivity contribution in [3.05, 3.63) is 64.1 Å². The molecule has 0 amide bonds. The molecule has 0 atom stereocenters. The Balaban J connectivity index is 1.31. The van der Waals surface area contributed by atoms with Crippen LogP contribution in [0.5, 0.6) is 0 Å². The molecule has 0 unspecified atom stereocenters. The van der Waals surface area contributed by atoms with Crippen molar-refractivity contribution in [1.29, 1.82) is 0 Å². The lowest BCUT2D eigenvalue weighted by Gasteiger charge is -2.37. The summed E-state index contributed by atoms with van der Waals surface area (Å²) in [6.07, 6.45) is 2.40. The molecule has 0 aromatic heterocycles. The van der Waals surface area contributed by atoms with Crippen LogP contribution in [0.3, 0.4) is 0 Å². The van der Waals surface area contributed by atoms with E-state index in [1.54, 1.807) is 0 Å². The molecule has 0 spiro atoms. The lowest BCUT2D eigenvalue weighted by atomic mass is 10.1. The fourth-order valence-electron chi connectivity index (χ4n) is 4.62. The highest BCUT2D eigenvalue weighted by Crippen LogP contribution is 2.27. The molecule has 2 aliphatic heterocycles. The fourth-order valence-corrected chi connectivity index (χ4v) is 5.02. The van der Waals surface area contributed by atoms with Crippen LogP contribution in [0.25, 0.3) is 0 Å². The number of piperazine rings is 2. The first kappa shape index (κ1) is 21.8. The number of aryl methyl sites for hydroxylation is 1. The Hall–Kier alpha value is -1.40. The van der Waals surface area contributed by atoms with Gasteiger partial charge < -0.3 is 14.7 Å². The predicted molar refractivity (Wildman–Crippen MR) is 130 cm³/mol. The highest BCUT2D eigenvalue weighted by Gasteiger charge is 2.20. The van der Waals surface area contributed by atoms with E-state index in [-0.39, 0.29) is 0 Å². The number of hydrogen-bond acceptors (Lipinski definition) is 4. The first-order valence-electron chi connectivity index (χ1n) is 11.4. The van der Waals surface area contributed by atoms with Crippen LogP contribution in [0, 0.1) is 0 Å². The van der Waals surface area contributed by atoms with Crippen LogP contribution in [-0.4, -0.2) is 80.7 Å². The molecule has 2 saturated heterocycles. The van der Waals surface area contributed by atoms with Crippen molar-refractivity contribution >= 4 is 21.6 Å². The molecule has 5 heteroatoms. The summed E-state index contributed by atoms with van der Waals surface area (Å²) < 4.78 is 1.20. The summed E-state index contributed by atoms with van der Waals surface area (Å²) in [5.41, 5.74) is 4.35. The average molecular weight is 471 g/mol. The Labute approximate surface area is 190 Å². The number of rotatable bonds is 7. The quantitative estimate of drug-likeness (QED) is 0.606. The first-order chi connectivity index (χ1) is 14.7. The van der Waals surface area contributed by atoms with E-state index in [1.165, 1.54) is 60.4 Å². The maximum absolute atomic E-state index is 3.70. The Kier molecular flexibility index (Phi) is 7.83. The van der Waals surface area contributed by atoms with Gasteiger partial charge in [-0.3, -0.25) is 4.90 Å². The van der Waals surface area contributed by atoms with Crippen molar-refractivity contribution in [3.63, 3.8) is 0 Å². The summed E-state index contributed by atoms with van der Waals surface area (Å²) in [6, 6.07) is 17.7. The monoisotopic (exact) mass is 470 g/mol. The van der Waals surface area contributed by atoms with Crippen molar-refractivity contribution in [3.8, 4) is 0 Å². The van der Waals surface area contributed by atoms with Crippen molar-refractivity contribution in [1.82, 2.24) is 14.7 Å². The number of anilines is 1. The molecular weight excluding hydrogens is 436 g/mol. The fraction of sp³-hybridized carbons (Fsp3) is 0.520. The second kappa shape index (κ2) is 10.8. The van der Waals surface area contributed by atoms with Crippen molar-refractivity contribution < 1.29 is 0 Å². The van der Waals surface area contributed by atoms with E-state index in [0.717, 1.165) is 39.1 Å². The molecule has 0 aliphatic carbocycles. The second-order valence-electron chi connectivity index (χ2n) is 8.77. The molecule has 2 heterocycles. The summed E-state index contributed by atoms with van der Waals surface area (Å²) in [6.45, 7) is 11.6. The van der Waals surface area contributed by atoms with E-state index in [0.29, 0.717) is 0 Å². The zero-order valence-corrected chi connectivity index (χ0v) is 19.9. The van der Waals surface area contributed by atoms with Gasteiger partial charge in [-0.1, -0.05) is 46.3 Å². The third-order valence-corrected chi connectivity index (χ3v) is 7.01. The Morgan fingerprint density at radius 1 is 0.800 bits per heavy atom. The maximum Gasteiger partial charge on any atom is 0.0400 e. The van der Waals surface area contributed by atoms with Gasteiger partial charge in [0.2, 0.25) is 0 Å². The van der Waals surface area contributed by atoms with Crippen LogP contribution in [0.4, 0.5) is 5.69 Å². The minimum absolute atomic E-state index is 1.06. The van der Waals surface area contributed by atoms with Crippen LogP contribution in [0.2, 0.25) is 0 Å². The number of halogens is 1. The van der Waals surface area contributed by atoms with Crippen LogP contribution < -0.4 is 4.90 Å². The normalized spacial score (nSPS) is 19.3. The average Bonchev–Trinajstić information content (AvgIpc) is 2.77. The smallest absolute Gasteiger partial charge is 0.0400 e. The Morgan fingerprint density at radius 2 is 1.50 bits per heavy atom. The summed E-state index contributed by atoms with van der Waals surface area (Å²) in [5, 5.41) is 0. The van der Waals surface area contributed by atoms with E-state index in [4.69, 9.17) is 0 Å². The second-order valence-corrected chi connectivity index (χ2v) is 9.69. The van der Waals surface area contributed by atoms with E-state index in [9.17, 15) is 0 Å².